The van der Waals surface area contributed by atoms with Gasteiger partial charge in [-0.1, -0.05) is 12.1 Å². The second-order valence-electron chi connectivity index (χ2n) is 9.48. The summed E-state index contributed by atoms with van der Waals surface area (Å²) in [5.41, 5.74) is 3.21. The Morgan fingerprint density at radius 2 is 1.85 bits per heavy atom. The summed E-state index contributed by atoms with van der Waals surface area (Å²) >= 11 is 0. The summed E-state index contributed by atoms with van der Waals surface area (Å²) in [6.45, 7) is 7.08. The normalized spacial score (nSPS) is 14.9. The lowest BCUT2D eigenvalue weighted by Crippen LogP contribution is -2.45. The Bertz CT molecular complexity index is 1170. The van der Waals surface area contributed by atoms with Crippen molar-refractivity contribution in [1.82, 2.24) is 15.3 Å². The minimum atomic E-state index is -0.827. The molecule has 1 aliphatic rings. The van der Waals surface area contributed by atoms with Gasteiger partial charge in [0.1, 0.15) is 11.6 Å². The summed E-state index contributed by atoms with van der Waals surface area (Å²) in [6, 6.07) is 15.3. The molecular formula is C26H30N4O4. The first-order valence-electron chi connectivity index (χ1n) is 11.3. The number of nitrogens with one attached hydrogen (secondary N) is 1. The van der Waals surface area contributed by atoms with Gasteiger partial charge in [-0.25, -0.2) is 19.6 Å². The van der Waals surface area contributed by atoms with E-state index in [0.29, 0.717) is 12.3 Å². The second kappa shape index (κ2) is 9.67. The van der Waals surface area contributed by atoms with E-state index in [4.69, 9.17) is 14.5 Å². The molecule has 4 rings (SSSR count). The monoisotopic (exact) mass is 462 g/mol. The molecule has 0 aliphatic carbocycles. The fraction of sp³-hybridized carbons (Fsp3) is 0.385. The summed E-state index contributed by atoms with van der Waals surface area (Å²) in [4.78, 5) is 35.7. The SMILES string of the molecule is COC(=O)[C@H](Cc1ccc(N2CC(c3ccc4cccnc4n3)C2)cc1)NC(=O)OC(C)(C)C. The van der Waals surface area contributed by atoms with Crippen LogP contribution in [0.25, 0.3) is 11.0 Å². The molecule has 0 saturated carbocycles. The van der Waals surface area contributed by atoms with E-state index < -0.39 is 23.7 Å². The Morgan fingerprint density at radius 3 is 2.53 bits per heavy atom. The highest BCUT2D eigenvalue weighted by molar-refractivity contribution is 5.81. The molecule has 0 spiro atoms. The summed E-state index contributed by atoms with van der Waals surface area (Å²) in [5, 5.41) is 3.66. The van der Waals surface area contributed by atoms with Gasteiger partial charge in [0.05, 0.1) is 7.11 Å². The fourth-order valence-electron chi connectivity index (χ4n) is 3.94. The number of pyridine rings is 2. The van der Waals surface area contributed by atoms with Crippen LogP contribution in [0.4, 0.5) is 10.5 Å². The van der Waals surface area contributed by atoms with Gasteiger partial charge in [-0.2, -0.15) is 0 Å². The van der Waals surface area contributed by atoms with Crippen molar-refractivity contribution >= 4 is 28.8 Å². The van der Waals surface area contributed by atoms with Crippen LogP contribution < -0.4 is 10.2 Å². The Hall–Kier alpha value is -3.68. The minimum absolute atomic E-state index is 0.308. The number of ether oxygens (including phenoxy) is 2. The quantitative estimate of drug-likeness (QED) is 0.556. The van der Waals surface area contributed by atoms with E-state index >= 15 is 0 Å². The van der Waals surface area contributed by atoms with E-state index in [9.17, 15) is 9.59 Å². The van der Waals surface area contributed by atoms with Crippen LogP contribution in [0.5, 0.6) is 0 Å². The zero-order chi connectivity index (χ0) is 24.3. The lowest BCUT2D eigenvalue weighted by atomic mass is 9.94. The van der Waals surface area contributed by atoms with Gasteiger partial charge in [-0.05, 0) is 62.7 Å². The number of aromatic nitrogens is 2. The number of fused-ring (bicyclic) bond motifs is 1. The van der Waals surface area contributed by atoms with Crippen molar-refractivity contribution in [3.8, 4) is 0 Å². The number of amides is 1. The lowest BCUT2D eigenvalue weighted by Gasteiger charge is -2.40. The van der Waals surface area contributed by atoms with Gasteiger partial charge in [0.15, 0.2) is 5.65 Å². The van der Waals surface area contributed by atoms with Crippen LogP contribution in [0, 0.1) is 0 Å². The summed E-state index contributed by atoms with van der Waals surface area (Å²) in [5.74, 6) is -0.147. The maximum absolute atomic E-state index is 12.2. The molecule has 1 fully saturated rings. The van der Waals surface area contributed by atoms with Crippen molar-refractivity contribution in [2.24, 2.45) is 0 Å². The number of nitrogens with zero attached hydrogens (tertiary/aromatic N) is 3. The Labute approximate surface area is 199 Å². The van der Waals surface area contributed by atoms with Crippen molar-refractivity contribution in [2.75, 3.05) is 25.1 Å². The summed E-state index contributed by atoms with van der Waals surface area (Å²) in [7, 11) is 1.30. The van der Waals surface area contributed by atoms with Crippen LogP contribution in [0.2, 0.25) is 0 Å². The molecule has 1 N–H and O–H groups in total. The van der Waals surface area contributed by atoms with Crippen molar-refractivity contribution in [1.29, 1.82) is 0 Å². The predicted molar refractivity (Wildman–Crippen MR) is 130 cm³/mol. The molecule has 1 aliphatic heterocycles. The number of hydrogen-bond acceptors (Lipinski definition) is 7. The highest BCUT2D eigenvalue weighted by Gasteiger charge is 2.30. The first kappa shape index (κ1) is 23.5. The second-order valence-corrected chi connectivity index (χ2v) is 9.48. The topological polar surface area (TPSA) is 93.6 Å². The fourth-order valence-corrected chi connectivity index (χ4v) is 3.94. The van der Waals surface area contributed by atoms with Gasteiger partial charge in [-0.15, -0.1) is 0 Å². The standard InChI is InChI=1S/C26H30N4O4/c1-26(2,3)34-25(32)29-22(24(31)33-4)14-17-7-10-20(11-8-17)30-15-19(16-30)21-12-9-18-6-5-13-27-23(18)28-21/h5-13,19,22H,14-16H2,1-4H3,(H,29,32)/t22-/m0/s1. The van der Waals surface area contributed by atoms with Crippen LogP contribution in [0.3, 0.4) is 0 Å². The third-order valence-electron chi connectivity index (χ3n) is 5.70. The number of alkyl carbamates (subject to hydrolysis) is 1. The third-order valence-corrected chi connectivity index (χ3v) is 5.70. The zero-order valence-corrected chi connectivity index (χ0v) is 19.9. The number of benzene rings is 1. The molecule has 8 nitrogen and oxygen atoms in total. The summed E-state index contributed by atoms with van der Waals surface area (Å²) in [6.07, 6.45) is 1.42. The molecule has 1 saturated heterocycles. The van der Waals surface area contributed by atoms with Gasteiger partial charge >= 0.3 is 12.1 Å². The highest BCUT2D eigenvalue weighted by atomic mass is 16.6. The minimum Gasteiger partial charge on any atom is -0.467 e. The molecule has 178 valence electrons. The van der Waals surface area contributed by atoms with Gasteiger partial charge in [0.25, 0.3) is 0 Å². The average Bonchev–Trinajstić information content (AvgIpc) is 2.77. The van der Waals surface area contributed by atoms with Gasteiger partial charge in [0, 0.05) is 48.4 Å². The molecule has 1 atom stereocenters. The first-order chi connectivity index (χ1) is 16.2. The molecular weight excluding hydrogens is 432 g/mol. The smallest absolute Gasteiger partial charge is 0.408 e. The molecule has 0 radical (unpaired) electrons. The average molecular weight is 463 g/mol. The maximum atomic E-state index is 12.2. The van der Waals surface area contributed by atoms with Crippen LogP contribution in [0.1, 0.15) is 37.9 Å². The van der Waals surface area contributed by atoms with Crippen molar-refractivity contribution in [2.45, 2.75) is 44.8 Å². The van der Waals surface area contributed by atoms with Gasteiger partial charge < -0.3 is 19.7 Å². The van der Waals surface area contributed by atoms with E-state index in [1.165, 1.54) is 7.11 Å². The van der Waals surface area contributed by atoms with E-state index in [1.807, 2.05) is 36.4 Å². The Kier molecular flexibility index (Phi) is 6.68. The lowest BCUT2D eigenvalue weighted by molar-refractivity contribution is -0.143. The number of hydrogen-bond donors (Lipinski definition) is 1. The van der Waals surface area contributed by atoms with Crippen LogP contribution in [-0.2, 0) is 20.7 Å². The Balaban J connectivity index is 1.35. The van der Waals surface area contributed by atoms with Crippen LogP contribution in [0.15, 0.2) is 54.7 Å². The molecule has 8 heteroatoms. The van der Waals surface area contributed by atoms with Crippen LogP contribution >= 0.6 is 0 Å². The zero-order valence-electron chi connectivity index (χ0n) is 19.9. The van der Waals surface area contributed by atoms with Crippen molar-refractivity contribution in [3.05, 3.63) is 66.0 Å². The third kappa shape index (κ3) is 5.62. The van der Waals surface area contributed by atoms with E-state index in [2.05, 4.69) is 27.3 Å². The molecule has 2 aromatic heterocycles. The van der Waals surface area contributed by atoms with E-state index in [0.717, 1.165) is 41.1 Å². The molecule has 0 bridgehead atoms. The van der Waals surface area contributed by atoms with E-state index in [1.54, 1.807) is 27.0 Å². The number of esters is 1. The largest absolute Gasteiger partial charge is 0.467 e. The maximum Gasteiger partial charge on any atom is 0.408 e. The van der Waals surface area contributed by atoms with Gasteiger partial charge in [0.2, 0.25) is 0 Å². The molecule has 0 unspecified atom stereocenters. The number of rotatable bonds is 6. The number of carbonyl (C=O) groups is 2. The molecule has 3 heterocycles. The number of anilines is 1. The molecule has 1 aromatic carbocycles. The molecule has 1 amide bonds. The Morgan fingerprint density at radius 1 is 1.12 bits per heavy atom. The molecule has 34 heavy (non-hydrogen) atoms. The highest BCUT2D eigenvalue weighted by Crippen LogP contribution is 2.31. The van der Waals surface area contributed by atoms with Crippen molar-refractivity contribution in [3.63, 3.8) is 0 Å². The van der Waals surface area contributed by atoms with E-state index in [-0.39, 0.29) is 0 Å². The number of carbonyl (C=O) groups excluding carboxylic acids is 2. The van der Waals surface area contributed by atoms with Crippen LogP contribution in [-0.4, -0.2) is 53.9 Å². The molecule has 3 aromatic rings. The number of methoxy groups -OCH3 is 1. The first-order valence-corrected chi connectivity index (χ1v) is 11.3. The predicted octanol–water partition coefficient (Wildman–Crippen LogP) is 3.84. The van der Waals surface area contributed by atoms with Crippen molar-refractivity contribution < 1.29 is 19.1 Å². The van der Waals surface area contributed by atoms with Gasteiger partial charge in [-0.3, -0.25) is 0 Å². The summed E-state index contributed by atoms with van der Waals surface area (Å²) < 4.78 is 10.1.